The molecule has 2 aliphatic rings. The molecule has 0 radical (unpaired) electrons. The Balaban J connectivity index is 1.24. The number of amides is 2. The number of rotatable bonds is 9. The lowest BCUT2D eigenvalue weighted by molar-refractivity contribution is -0.384. The number of β-lactam (4-membered cyclic amide) rings is 1. The molecule has 0 spiro atoms. The highest BCUT2D eigenvalue weighted by molar-refractivity contribution is 8.00. The molecule has 3 N–H and O–H groups in total. The molecule has 1 aromatic heterocycles. The first kappa shape index (κ1) is 27.7. The molecule has 1 fully saturated rings. The molecular weight excluding hydrogens is 581 g/mol. The van der Waals surface area contributed by atoms with Gasteiger partial charge in [-0.3, -0.25) is 24.6 Å². The molecule has 2 amide bonds. The van der Waals surface area contributed by atoms with Gasteiger partial charge in [-0.05, 0) is 48.0 Å². The fourth-order valence-corrected chi connectivity index (χ4v) is 5.41. The Labute approximate surface area is 238 Å². The number of carbonyl (C=O) groups excluding carboxylic acids is 3. The van der Waals surface area contributed by atoms with Gasteiger partial charge in [-0.2, -0.15) is 9.36 Å². The molecule has 2 atom stereocenters. The summed E-state index contributed by atoms with van der Waals surface area (Å²) in [6.45, 7) is -0.161. The van der Waals surface area contributed by atoms with Crippen molar-refractivity contribution in [2.45, 2.75) is 18.0 Å². The lowest BCUT2D eigenvalue weighted by Gasteiger charge is -2.48. The number of nitro groups is 1. The van der Waals surface area contributed by atoms with E-state index in [1.165, 1.54) is 53.1 Å². The molecule has 210 valence electrons. The van der Waals surface area contributed by atoms with Crippen molar-refractivity contribution in [3.05, 3.63) is 87.6 Å². The number of thioether (sulfide) groups is 1. The molecule has 41 heavy (non-hydrogen) atoms. The number of benzene rings is 2. The third-order valence-electron chi connectivity index (χ3n) is 5.78. The number of halogens is 1. The van der Waals surface area contributed by atoms with E-state index < -0.39 is 39.9 Å². The Morgan fingerprint density at radius 1 is 1.22 bits per heavy atom. The van der Waals surface area contributed by atoms with Crippen molar-refractivity contribution in [3.63, 3.8) is 0 Å². The van der Waals surface area contributed by atoms with Gasteiger partial charge < -0.3 is 20.6 Å². The quantitative estimate of drug-likeness (QED) is 0.120. The number of nitro benzene ring substituents is 1. The maximum Gasteiger partial charge on any atom is 0.355 e. The molecule has 3 aromatic rings. The Morgan fingerprint density at radius 2 is 1.95 bits per heavy atom. The van der Waals surface area contributed by atoms with Crippen LogP contribution in [-0.4, -0.2) is 59.8 Å². The summed E-state index contributed by atoms with van der Waals surface area (Å²) in [5.41, 5.74) is 5.73. The van der Waals surface area contributed by atoms with E-state index in [2.05, 4.69) is 19.8 Å². The maximum atomic E-state index is 13.2. The van der Waals surface area contributed by atoms with Crippen LogP contribution in [0.4, 0.5) is 15.2 Å². The van der Waals surface area contributed by atoms with Crippen LogP contribution >= 0.6 is 23.3 Å². The summed E-state index contributed by atoms with van der Waals surface area (Å²) in [5.74, 6) is -2.28. The molecule has 14 nitrogen and oxygen atoms in total. The summed E-state index contributed by atoms with van der Waals surface area (Å²) in [6, 6.07) is 9.40. The Hall–Kier alpha value is -4.90. The number of anilines is 1. The Bertz CT molecular complexity index is 1580. The fraction of sp³-hybridized carbons (Fsp3) is 0.167. The number of aromatic nitrogens is 2. The Morgan fingerprint density at radius 3 is 2.61 bits per heavy atom. The minimum absolute atomic E-state index is 0.0219. The van der Waals surface area contributed by atoms with Gasteiger partial charge in [0.1, 0.15) is 29.5 Å². The van der Waals surface area contributed by atoms with Crippen molar-refractivity contribution in [2.75, 3.05) is 11.5 Å². The number of nitrogens with zero attached hydrogens (tertiary/aromatic N) is 5. The number of nitrogens with two attached hydrogens (primary N) is 1. The van der Waals surface area contributed by atoms with Gasteiger partial charge in [0.2, 0.25) is 11.5 Å². The van der Waals surface area contributed by atoms with E-state index in [9.17, 15) is 28.9 Å². The van der Waals surface area contributed by atoms with Gasteiger partial charge in [-0.1, -0.05) is 5.16 Å². The normalized spacial score (nSPS) is 18.1. The maximum absolute atomic E-state index is 13.2. The highest BCUT2D eigenvalue weighted by Gasteiger charge is 2.53. The number of carbonyl (C=O) groups is 3. The van der Waals surface area contributed by atoms with Crippen LogP contribution in [0.1, 0.15) is 11.4 Å². The van der Waals surface area contributed by atoms with Gasteiger partial charge in [0.05, 0.1) is 4.92 Å². The highest BCUT2D eigenvalue weighted by atomic mass is 32.2. The monoisotopic (exact) mass is 599 g/mol. The summed E-state index contributed by atoms with van der Waals surface area (Å²) in [7, 11) is 0. The number of hydrogen-bond acceptors (Lipinski definition) is 13. The number of fused-ring (bicyclic) bond motifs is 1. The van der Waals surface area contributed by atoms with E-state index in [1.807, 2.05) is 0 Å². The molecule has 0 saturated carbocycles. The van der Waals surface area contributed by atoms with E-state index in [-0.39, 0.29) is 40.4 Å². The van der Waals surface area contributed by atoms with Gasteiger partial charge >= 0.3 is 5.97 Å². The SMILES string of the molecule is Nc1nc(C(=NOc2ccc(F)cc2)C(=O)NC2C(=O)N3C(C(=O)OCc4ccc([N+](=O)[O-])cc4)=CCS[C@@H]23)ns1. The van der Waals surface area contributed by atoms with Gasteiger partial charge in [-0.15, -0.1) is 11.8 Å². The third kappa shape index (κ3) is 5.99. The molecule has 2 aromatic carbocycles. The molecule has 5 rings (SSSR count). The van der Waals surface area contributed by atoms with E-state index in [1.54, 1.807) is 6.08 Å². The lowest BCUT2D eigenvalue weighted by Crippen LogP contribution is -2.70. The van der Waals surface area contributed by atoms with Crippen LogP contribution in [0.15, 0.2) is 65.5 Å². The number of nitrogens with one attached hydrogen (secondary N) is 1. The molecule has 1 saturated heterocycles. The molecule has 3 heterocycles. The predicted molar refractivity (Wildman–Crippen MR) is 144 cm³/mol. The van der Waals surface area contributed by atoms with Crippen LogP contribution in [0.25, 0.3) is 0 Å². The standard InChI is InChI=1S/C24H18FN7O7S2/c25-13-3-7-15(8-4-13)39-29-17(19-28-24(26)41-30-19)20(33)27-18-21(34)31-16(9-10-40-22(18)31)23(35)38-11-12-1-5-14(6-2-12)32(36)37/h1-9,18,22H,10-11H2,(H,27,33)(H2,26,28,30)/t18?,22-/m0/s1. The summed E-state index contributed by atoms with van der Waals surface area (Å²) in [4.78, 5) is 59.7. The zero-order chi connectivity index (χ0) is 29.1. The average molecular weight is 600 g/mol. The highest BCUT2D eigenvalue weighted by Crippen LogP contribution is 2.38. The molecular formula is C24H18FN7O7S2. The summed E-state index contributed by atoms with van der Waals surface area (Å²) in [6.07, 6.45) is 1.54. The second kappa shape index (κ2) is 11.7. The van der Waals surface area contributed by atoms with Crippen molar-refractivity contribution in [1.29, 1.82) is 0 Å². The van der Waals surface area contributed by atoms with Gasteiger partial charge in [0.25, 0.3) is 17.5 Å². The zero-order valence-corrected chi connectivity index (χ0v) is 22.3. The molecule has 0 aliphatic carbocycles. The van der Waals surface area contributed by atoms with E-state index in [0.29, 0.717) is 11.3 Å². The largest absolute Gasteiger partial charge is 0.456 e. The van der Waals surface area contributed by atoms with Crippen molar-refractivity contribution < 1.29 is 33.3 Å². The number of hydrogen-bond donors (Lipinski definition) is 2. The number of non-ortho nitro benzene ring substituents is 1. The summed E-state index contributed by atoms with van der Waals surface area (Å²) >= 11 is 2.14. The van der Waals surface area contributed by atoms with Gasteiger partial charge in [0.15, 0.2) is 10.9 Å². The second-order valence-electron chi connectivity index (χ2n) is 8.41. The summed E-state index contributed by atoms with van der Waals surface area (Å²) in [5, 5.41) is 16.7. The van der Waals surface area contributed by atoms with E-state index >= 15 is 0 Å². The van der Waals surface area contributed by atoms with Crippen LogP contribution in [0.5, 0.6) is 5.75 Å². The van der Waals surface area contributed by atoms with Crippen molar-refractivity contribution >= 4 is 57.6 Å². The van der Waals surface area contributed by atoms with Crippen LogP contribution in [-0.2, 0) is 25.7 Å². The minimum atomic E-state index is -1.01. The average Bonchev–Trinajstić information content (AvgIpc) is 3.40. The number of oxime groups is 1. The number of nitrogen functional groups attached to an aromatic ring is 1. The number of ether oxygens (including phenoxy) is 1. The third-order valence-corrected chi connectivity index (χ3v) is 7.51. The van der Waals surface area contributed by atoms with Crippen LogP contribution in [0, 0.1) is 15.9 Å². The van der Waals surface area contributed by atoms with Crippen molar-refractivity contribution in [1.82, 2.24) is 19.6 Å². The van der Waals surface area contributed by atoms with Crippen LogP contribution in [0.2, 0.25) is 0 Å². The molecule has 17 heteroatoms. The topological polar surface area (TPSA) is 192 Å². The molecule has 1 unspecified atom stereocenters. The lowest BCUT2D eigenvalue weighted by atomic mass is 10.0. The van der Waals surface area contributed by atoms with Crippen LogP contribution < -0.4 is 15.9 Å². The zero-order valence-electron chi connectivity index (χ0n) is 20.6. The second-order valence-corrected chi connectivity index (χ2v) is 10.3. The van der Waals surface area contributed by atoms with E-state index in [0.717, 1.165) is 23.7 Å². The molecule has 0 bridgehead atoms. The fourth-order valence-electron chi connectivity index (χ4n) is 3.78. The van der Waals surface area contributed by atoms with Gasteiger partial charge in [0, 0.05) is 29.4 Å². The minimum Gasteiger partial charge on any atom is -0.456 e. The smallest absolute Gasteiger partial charge is 0.355 e. The van der Waals surface area contributed by atoms with Crippen molar-refractivity contribution in [3.8, 4) is 5.75 Å². The van der Waals surface area contributed by atoms with Crippen LogP contribution in [0.3, 0.4) is 0 Å². The van der Waals surface area contributed by atoms with Gasteiger partial charge in [-0.25, -0.2) is 9.18 Å². The molecule has 2 aliphatic heterocycles. The first-order valence-electron chi connectivity index (χ1n) is 11.7. The first-order chi connectivity index (χ1) is 19.7. The predicted octanol–water partition coefficient (Wildman–Crippen LogP) is 1.98. The van der Waals surface area contributed by atoms with E-state index in [4.69, 9.17) is 15.3 Å². The first-order valence-corrected chi connectivity index (χ1v) is 13.5. The number of esters is 1. The Kier molecular flexibility index (Phi) is 7.88. The summed E-state index contributed by atoms with van der Waals surface area (Å²) < 4.78 is 22.5. The van der Waals surface area contributed by atoms with Crippen molar-refractivity contribution in [2.24, 2.45) is 5.16 Å².